The topological polar surface area (TPSA) is 66.6 Å². The summed E-state index contributed by atoms with van der Waals surface area (Å²) >= 11 is 0. The maximum atomic E-state index is 11.5. The number of carbonyl (C=O) groups is 1. The Labute approximate surface area is 145 Å². The molecular weight excluding hydrogens is 316 g/mol. The number of amides is 1. The Morgan fingerprint density at radius 2 is 1.84 bits per heavy atom. The van der Waals surface area contributed by atoms with Gasteiger partial charge in [0.15, 0.2) is 11.5 Å². The van der Waals surface area contributed by atoms with Crippen molar-refractivity contribution in [1.29, 1.82) is 0 Å². The number of rotatable bonds is 2. The van der Waals surface area contributed by atoms with E-state index in [1.807, 2.05) is 29.2 Å². The number of hydrogen-bond acceptors (Lipinski definition) is 5. The number of hydrogen-bond donors (Lipinski definition) is 0. The number of anilines is 1. The van der Waals surface area contributed by atoms with Gasteiger partial charge in [0, 0.05) is 38.7 Å². The Balaban J connectivity index is 1.66. The molecule has 0 unspecified atom stereocenters. The first kappa shape index (κ1) is 15.6. The average Bonchev–Trinajstić information content (AvgIpc) is 3.05. The summed E-state index contributed by atoms with van der Waals surface area (Å²) in [5, 5.41) is 13.3. The highest BCUT2D eigenvalue weighted by Gasteiger charge is 2.20. The lowest BCUT2D eigenvalue weighted by atomic mass is 10.1. The lowest BCUT2D eigenvalue weighted by molar-refractivity contribution is -0.129. The number of aromatic nitrogens is 4. The molecule has 7 nitrogen and oxygen atoms in total. The second kappa shape index (κ2) is 6.16. The minimum absolute atomic E-state index is 0.128. The normalized spacial score (nSPS) is 15.0. The Bertz CT molecular complexity index is 926. The lowest BCUT2D eigenvalue weighted by Gasteiger charge is -2.34. The zero-order chi connectivity index (χ0) is 17.4. The molecule has 1 fully saturated rings. The Morgan fingerprint density at radius 3 is 2.56 bits per heavy atom. The molecule has 7 heteroatoms. The second-order valence-corrected chi connectivity index (χ2v) is 6.35. The van der Waals surface area contributed by atoms with Crippen molar-refractivity contribution in [2.45, 2.75) is 13.8 Å². The molecule has 25 heavy (non-hydrogen) atoms. The van der Waals surface area contributed by atoms with Gasteiger partial charge in [-0.05, 0) is 25.1 Å². The van der Waals surface area contributed by atoms with Crippen LogP contribution in [-0.2, 0) is 4.79 Å². The molecule has 0 aliphatic carbocycles. The van der Waals surface area contributed by atoms with E-state index in [1.165, 1.54) is 5.56 Å². The second-order valence-electron chi connectivity index (χ2n) is 6.35. The van der Waals surface area contributed by atoms with Gasteiger partial charge in [0.05, 0.1) is 0 Å². The molecule has 0 bridgehead atoms. The van der Waals surface area contributed by atoms with Crippen molar-refractivity contribution in [2.75, 3.05) is 31.1 Å². The van der Waals surface area contributed by atoms with Crippen LogP contribution in [0, 0.1) is 6.92 Å². The standard InChI is InChI=1S/C18H20N6O/c1-13-4-3-5-15(12-13)18-20-19-16-6-7-17(21-24(16)18)23-10-8-22(9-11-23)14(2)25/h3-7,12H,8-11H2,1-2H3. The number of aryl methyl sites for hydroxylation is 1. The number of fused-ring (bicyclic) bond motifs is 1. The SMILES string of the molecule is CC(=O)N1CCN(c2ccc3nnc(-c4cccc(C)c4)n3n2)CC1. The first-order chi connectivity index (χ1) is 12.1. The summed E-state index contributed by atoms with van der Waals surface area (Å²) < 4.78 is 1.79. The van der Waals surface area contributed by atoms with E-state index >= 15 is 0 Å². The monoisotopic (exact) mass is 336 g/mol. The van der Waals surface area contributed by atoms with E-state index in [9.17, 15) is 4.79 Å². The molecule has 1 aliphatic rings. The van der Waals surface area contributed by atoms with Gasteiger partial charge in [-0.1, -0.05) is 23.8 Å². The van der Waals surface area contributed by atoms with E-state index < -0.39 is 0 Å². The van der Waals surface area contributed by atoms with Crippen LogP contribution in [0.1, 0.15) is 12.5 Å². The molecule has 0 radical (unpaired) electrons. The van der Waals surface area contributed by atoms with Crippen molar-refractivity contribution in [3.63, 3.8) is 0 Å². The molecule has 0 atom stereocenters. The molecule has 128 valence electrons. The highest BCUT2D eigenvalue weighted by Crippen LogP contribution is 2.21. The third kappa shape index (κ3) is 2.93. The van der Waals surface area contributed by atoms with Gasteiger partial charge >= 0.3 is 0 Å². The van der Waals surface area contributed by atoms with Crippen LogP contribution in [0.25, 0.3) is 17.0 Å². The lowest BCUT2D eigenvalue weighted by Crippen LogP contribution is -2.48. The summed E-state index contributed by atoms with van der Waals surface area (Å²) in [6.45, 7) is 6.68. The molecule has 1 saturated heterocycles. The molecule has 0 spiro atoms. The van der Waals surface area contributed by atoms with Crippen LogP contribution in [-0.4, -0.2) is 56.8 Å². The first-order valence-electron chi connectivity index (χ1n) is 8.42. The minimum atomic E-state index is 0.128. The van der Waals surface area contributed by atoms with Crippen LogP contribution in [0.4, 0.5) is 5.82 Å². The Morgan fingerprint density at radius 1 is 1.04 bits per heavy atom. The third-order valence-electron chi connectivity index (χ3n) is 4.57. The van der Waals surface area contributed by atoms with Crippen LogP contribution in [0.3, 0.4) is 0 Å². The van der Waals surface area contributed by atoms with Crippen molar-refractivity contribution < 1.29 is 4.79 Å². The van der Waals surface area contributed by atoms with Crippen LogP contribution < -0.4 is 4.90 Å². The van der Waals surface area contributed by atoms with Gasteiger partial charge in [-0.2, -0.15) is 4.52 Å². The average molecular weight is 336 g/mol. The Kier molecular flexibility index (Phi) is 3.83. The van der Waals surface area contributed by atoms with Crippen molar-refractivity contribution >= 4 is 17.4 Å². The predicted octanol–water partition coefficient (Wildman–Crippen LogP) is 1.77. The fourth-order valence-corrected chi connectivity index (χ4v) is 3.16. The highest BCUT2D eigenvalue weighted by atomic mass is 16.2. The zero-order valence-electron chi connectivity index (χ0n) is 14.4. The van der Waals surface area contributed by atoms with Gasteiger partial charge in [0.2, 0.25) is 5.91 Å². The van der Waals surface area contributed by atoms with Crippen LogP contribution in [0.15, 0.2) is 36.4 Å². The van der Waals surface area contributed by atoms with Crippen molar-refractivity contribution in [3.05, 3.63) is 42.0 Å². The fourth-order valence-electron chi connectivity index (χ4n) is 3.16. The van der Waals surface area contributed by atoms with Gasteiger partial charge in [-0.25, -0.2) is 0 Å². The van der Waals surface area contributed by atoms with Crippen molar-refractivity contribution in [3.8, 4) is 11.4 Å². The molecule has 2 aromatic heterocycles. The molecule has 1 aromatic carbocycles. The number of piperazine rings is 1. The zero-order valence-corrected chi connectivity index (χ0v) is 14.4. The molecule has 0 N–H and O–H groups in total. The van der Waals surface area contributed by atoms with Crippen molar-refractivity contribution in [2.24, 2.45) is 0 Å². The third-order valence-corrected chi connectivity index (χ3v) is 4.57. The maximum Gasteiger partial charge on any atom is 0.219 e. The highest BCUT2D eigenvalue weighted by molar-refractivity contribution is 5.73. The van der Waals surface area contributed by atoms with E-state index in [1.54, 1.807) is 11.4 Å². The van der Waals surface area contributed by atoms with E-state index in [0.717, 1.165) is 49.0 Å². The van der Waals surface area contributed by atoms with E-state index in [0.29, 0.717) is 0 Å². The molecule has 3 heterocycles. The first-order valence-corrected chi connectivity index (χ1v) is 8.42. The van der Waals surface area contributed by atoms with E-state index in [-0.39, 0.29) is 5.91 Å². The Hall–Kier alpha value is -2.96. The summed E-state index contributed by atoms with van der Waals surface area (Å²) in [4.78, 5) is 15.5. The van der Waals surface area contributed by atoms with Crippen molar-refractivity contribution in [1.82, 2.24) is 24.7 Å². The van der Waals surface area contributed by atoms with Crippen LogP contribution in [0.2, 0.25) is 0 Å². The van der Waals surface area contributed by atoms with E-state index in [4.69, 9.17) is 5.10 Å². The molecule has 1 amide bonds. The summed E-state index contributed by atoms with van der Waals surface area (Å²) in [6, 6.07) is 12.1. The van der Waals surface area contributed by atoms with Gasteiger partial charge in [0.25, 0.3) is 0 Å². The quantitative estimate of drug-likeness (QED) is 0.713. The fraction of sp³-hybridized carbons (Fsp3) is 0.333. The maximum absolute atomic E-state index is 11.5. The minimum Gasteiger partial charge on any atom is -0.352 e. The molecular formula is C18H20N6O. The van der Waals surface area contributed by atoms with Crippen LogP contribution >= 0.6 is 0 Å². The van der Waals surface area contributed by atoms with Gasteiger partial charge in [-0.3, -0.25) is 4.79 Å². The predicted molar refractivity (Wildman–Crippen MR) is 95.4 cm³/mol. The van der Waals surface area contributed by atoms with E-state index in [2.05, 4.69) is 34.2 Å². The molecule has 1 aliphatic heterocycles. The van der Waals surface area contributed by atoms with Gasteiger partial charge < -0.3 is 9.80 Å². The molecule has 3 aromatic rings. The largest absolute Gasteiger partial charge is 0.352 e. The van der Waals surface area contributed by atoms with Crippen LogP contribution in [0.5, 0.6) is 0 Å². The number of carbonyl (C=O) groups excluding carboxylic acids is 1. The smallest absolute Gasteiger partial charge is 0.219 e. The number of nitrogens with zero attached hydrogens (tertiary/aromatic N) is 6. The summed E-state index contributed by atoms with van der Waals surface area (Å²) in [5.41, 5.74) is 2.90. The van der Waals surface area contributed by atoms with Gasteiger partial charge in [-0.15, -0.1) is 15.3 Å². The summed E-state index contributed by atoms with van der Waals surface area (Å²) in [5.74, 6) is 1.75. The molecule has 0 saturated carbocycles. The molecule has 4 rings (SSSR count). The van der Waals surface area contributed by atoms with Gasteiger partial charge in [0.1, 0.15) is 5.82 Å². The number of benzene rings is 1. The summed E-state index contributed by atoms with van der Waals surface area (Å²) in [7, 11) is 0. The summed E-state index contributed by atoms with van der Waals surface area (Å²) in [6.07, 6.45) is 0.